The van der Waals surface area contributed by atoms with E-state index in [1.165, 1.54) is 17.1 Å². The van der Waals surface area contributed by atoms with E-state index in [4.69, 9.17) is 5.73 Å². The van der Waals surface area contributed by atoms with E-state index in [1.54, 1.807) is 6.21 Å². The SMILES string of the molecule is Nc1nc(N2C[C@H]3C[C@@H](C(=O)N4N=CC[C@H]4c4cc(F)cc(F)c4)C[C@H]3C2)ncc1F. The molecule has 0 spiro atoms. The van der Waals surface area contributed by atoms with Crippen LogP contribution in [0.25, 0.3) is 0 Å². The van der Waals surface area contributed by atoms with E-state index >= 15 is 0 Å². The molecule has 1 saturated carbocycles. The minimum Gasteiger partial charge on any atom is -0.381 e. The summed E-state index contributed by atoms with van der Waals surface area (Å²) in [6.07, 6.45) is 4.48. The first-order valence-corrected chi connectivity index (χ1v) is 10.2. The van der Waals surface area contributed by atoms with Crippen LogP contribution in [0.15, 0.2) is 29.5 Å². The standard InChI is InChI=1S/C21H21F3N6O/c22-15-5-11(6-16(23)7-15)18-1-2-27-30(18)20(31)12-3-13-9-29(10-14(13)4-12)21-26-8-17(24)19(25)28-21/h2,5-8,12-14,18H,1,3-4,9-10H2,(H2,25,26,28)/t12-,13-,14+,18-/m0/s1. The van der Waals surface area contributed by atoms with E-state index in [9.17, 15) is 18.0 Å². The maximum atomic E-state index is 13.7. The van der Waals surface area contributed by atoms with Gasteiger partial charge in [-0.25, -0.2) is 23.2 Å². The summed E-state index contributed by atoms with van der Waals surface area (Å²) in [6.45, 7) is 1.34. The largest absolute Gasteiger partial charge is 0.381 e. The van der Waals surface area contributed by atoms with Crippen LogP contribution < -0.4 is 10.6 Å². The average Bonchev–Trinajstić information content (AvgIpc) is 3.43. The summed E-state index contributed by atoms with van der Waals surface area (Å²) in [5.74, 6) is -1.54. The van der Waals surface area contributed by atoms with Crippen LogP contribution in [0.4, 0.5) is 24.9 Å². The van der Waals surface area contributed by atoms with Gasteiger partial charge in [0.05, 0.1) is 12.2 Å². The number of hydrogen-bond acceptors (Lipinski definition) is 6. The predicted molar refractivity (Wildman–Crippen MR) is 107 cm³/mol. The molecule has 5 rings (SSSR count). The summed E-state index contributed by atoms with van der Waals surface area (Å²) in [5, 5.41) is 5.58. The average molecular weight is 430 g/mol. The van der Waals surface area contributed by atoms with Gasteiger partial charge in [-0.1, -0.05) is 0 Å². The van der Waals surface area contributed by atoms with Crippen molar-refractivity contribution >= 4 is 23.9 Å². The number of carbonyl (C=O) groups excluding carboxylic acids is 1. The van der Waals surface area contributed by atoms with Crippen LogP contribution in [-0.4, -0.2) is 40.2 Å². The molecule has 162 valence electrons. The molecular weight excluding hydrogens is 409 g/mol. The first kappa shape index (κ1) is 19.8. The van der Waals surface area contributed by atoms with Crippen molar-refractivity contribution < 1.29 is 18.0 Å². The maximum absolute atomic E-state index is 13.7. The van der Waals surface area contributed by atoms with E-state index in [1.807, 2.05) is 4.90 Å². The van der Waals surface area contributed by atoms with Gasteiger partial charge in [0.15, 0.2) is 11.6 Å². The third-order valence-electron chi connectivity index (χ3n) is 6.47. The number of nitrogens with two attached hydrogens (primary N) is 1. The normalized spacial score (nSPS) is 27.2. The maximum Gasteiger partial charge on any atom is 0.246 e. The molecule has 2 aliphatic heterocycles. The van der Waals surface area contributed by atoms with Crippen LogP contribution in [-0.2, 0) is 4.79 Å². The Bertz CT molecular complexity index is 1030. The van der Waals surface area contributed by atoms with Crippen LogP contribution in [0.2, 0.25) is 0 Å². The summed E-state index contributed by atoms with van der Waals surface area (Å²) in [4.78, 5) is 23.2. The molecule has 1 amide bonds. The molecule has 0 bridgehead atoms. The summed E-state index contributed by atoms with van der Waals surface area (Å²) < 4.78 is 40.7. The molecular formula is C21H21F3N6O. The third-order valence-corrected chi connectivity index (χ3v) is 6.47. The van der Waals surface area contributed by atoms with Gasteiger partial charge in [0.1, 0.15) is 11.6 Å². The second-order valence-electron chi connectivity index (χ2n) is 8.43. The highest BCUT2D eigenvalue weighted by molar-refractivity contribution is 5.82. The lowest BCUT2D eigenvalue weighted by Crippen LogP contribution is -2.33. The topological polar surface area (TPSA) is 87.7 Å². The van der Waals surface area contributed by atoms with Gasteiger partial charge in [0.25, 0.3) is 0 Å². The van der Waals surface area contributed by atoms with Crippen molar-refractivity contribution in [2.45, 2.75) is 25.3 Å². The molecule has 3 aliphatic rings. The van der Waals surface area contributed by atoms with Gasteiger partial charge in [-0.2, -0.15) is 10.1 Å². The summed E-state index contributed by atoms with van der Waals surface area (Å²) >= 11 is 0. The molecule has 2 fully saturated rings. The fraction of sp³-hybridized carbons (Fsp3) is 0.429. The van der Waals surface area contributed by atoms with Crippen molar-refractivity contribution in [1.82, 2.24) is 15.0 Å². The molecule has 3 heterocycles. The smallest absolute Gasteiger partial charge is 0.246 e. The number of benzene rings is 1. The van der Waals surface area contributed by atoms with Crippen LogP contribution in [0.5, 0.6) is 0 Å². The van der Waals surface area contributed by atoms with E-state index in [-0.39, 0.29) is 29.5 Å². The van der Waals surface area contributed by atoms with E-state index in [0.29, 0.717) is 43.9 Å². The molecule has 2 N–H and O–H groups in total. The number of amides is 1. The molecule has 1 aliphatic carbocycles. The number of nitrogen functional groups attached to an aromatic ring is 1. The highest BCUT2D eigenvalue weighted by Gasteiger charge is 2.46. The Morgan fingerprint density at radius 2 is 1.74 bits per heavy atom. The third kappa shape index (κ3) is 3.60. The lowest BCUT2D eigenvalue weighted by atomic mass is 10.0. The molecule has 31 heavy (non-hydrogen) atoms. The number of aromatic nitrogens is 2. The van der Waals surface area contributed by atoms with E-state index in [0.717, 1.165) is 12.3 Å². The molecule has 2 aromatic rings. The number of fused-ring (bicyclic) bond motifs is 1. The van der Waals surface area contributed by atoms with Crippen LogP contribution in [0.1, 0.15) is 30.9 Å². The summed E-state index contributed by atoms with van der Waals surface area (Å²) in [6, 6.07) is 2.81. The zero-order valence-corrected chi connectivity index (χ0v) is 16.6. The Morgan fingerprint density at radius 3 is 2.39 bits per heavy atom. The number of nitrogens with zero attached hydrogens (tertiary/aromatic N) is 5. The number of halogens is 3. The van der Waals surface area contributed by atoms with Crippen molar-refractivity contribution in [3.8, 4) is 0 Å². The molecule has 0 unspecified atom stereocenters. The van der Waals surface area contributed by atoms with Crippen LogP contribution in [0.3, 0.4) is 0 Å². The first-order chi connectivity index (χ1) is 14.9. The monoisotopic (exact) mass is 430 g/mol. The Balaban J connectivity index is 1.26. The van der Waals surface area contributed by atoms with Crippen LogP contribution in [0, 0.1) is 35.2 Å². The van der Waals surface area contributed by atoms with Crippen LogP contribution >= 0.6 is 0 Å². The number of anilines is 2. The predicted octanol–water partition coefficient (Wildman–Crippen LogP) is 2.90. The number of hydrogen-bond donors (Lipinski definition) is 1. The molecule has 4 atom stereocenters. The lowest BCUT2D eigenvalue weighted by molar-refractivity contribution is -0.137. The molecule has 10 heteroatoms. The van der Waals surface area contributed by atoms with Crippen molar-refractivity contribution in [1.29, 1.82) is 0 Å². The highest BCUT2D eigenvalue weighted by Crippen LogP contribution is 2.44. The Hall–Kier alpha value is -3.17. The minimum atomic E-state index is -0.673. The fourth-order valence-corrected chi connectivity index (χ4v) is 5.05. The highest BCUT2D eigenvalue weighted by atomic mass is 19.1. The molecule has 1 saturated heterocycles. The lowest BCUT2D eigenvalue weighted by Gasteiger charge is -2.26. The fourth-order valence-electron chi connectivity index (χ4n) is 5.05. The molecule has 1 aromatic carbocycles. The zero-order chi connectivity index (χ0) is 21.7. The van der Waals surface area contributed by atoms with Gasteiger partial charge in [-0.3, -0.25) is 4.79 Å². The Kier molecular flexibility index (Phi) is 4.79. The van der Waals surface area contributed by atoms with E-state index < -0.39 is 23.5 Å². The molecule has 1 aromatic heterocycles. The van der Waals surface area contributed by atoms with Gasteiger partial charge in [0.2, 0.25) is 11.9 Å². The zero-order valence-electron chi connectivity index (χ0n) is 16.6. The van der Waals surface area contributed by atoms with Crippen molar-refractivity contribution in [3.63, 3.8) is 0 Å². The quantitative estimate of drug-likeness (QED) is 0.809. The van der Waals surface area contributed by atoms with Gasteiger partial charge in [0, 0.05) is 37.7 Å². The number of hydrazone groups is 1. The van der Waals surface area contributed by atoms with Crippen molar-refractivity contribution in [2.24, 2.45) is 22.9 Å². The Morgan fingerprint density at radius 1 is 1.06 bits per heavy atom. The molecule has 0 radical (unpaired) electrons. The summed E-state index contributed by atoms with van der Waals surface area (Å²) in [7, 11) is 0. The van der Waals surface area contributed by atoms with Crippen molar-refractivity contribution in [3.05, 3.63) is 47.4 Å². The second kappa shape index (κ2) is 7.51. The number of carbonyl (C=O) groups is 1. The van der Waals surface area contributed by atoms with Gasteiger partial charge >= 0.3 is 0 Å². The number of rotatable bonds is 3. The second-order valence-corrected chi connectivity index (χ2v) is 8.43. The van der Waals surface area contributed by atoms with Crippen molar-refractivity contribution in [2.75, 3.05) is 23.7 Å². The van der Waals surface area contributed by atoms with Gasteiger partial charge < -0.3 is 10.6 Å². The molecule has 7 nitrogen and oxygen atoms in total. The Labute approximate surface area is 176 Å². The first-order valence-electron chi connectivity index (χ1n) is 10.2. The minimum absolute atomic E-state index is 0.119. The van der Waals surface area contributed by atoms with Gasteiger partial charge in [-0.05, 0) is 42.4 Å². The van der Waals surface area contributed by atoms with Gasteiger partial charge in [-0.15, -0.1) is 0 Å². The van der Waals surface area contributed by atoms with E-state index in [2.05, 4.69) is 15.1 Å². The summed E-state index contributed by atoms with van der Waals surface area (Å²) in [5.41, 5.74) is 5.95.